The van der Waals surface area contributed by atoms with Gasteiger partial charge in [-0.1, -0.05) is 30.0 Å². The molecule has 6 heteroatoms. The van der Waals surface area contributed by atoms with Gasteiger partial charge in [0.15, 0.2) is 5.65 Å². The Labute approximate surface area is 169 Å². The first-order valence-corrected chi connectivity index (χ1v) is 10.6. The van der Waals surface area contributed by atoms with Crippen molar-refractivity contribution in [3.05, 3.63) is 60.4 Å². The lowest BCUT2D eigenvalue weighted by Crippen LogP contribution is -2.27. The normalized spacial score (nSPS) is 22.0. The molecule has 5 rings (SSSR count). The van der Waals surface area contributed by atoms with Crippen molar-refractivity contribution in [1.82, 2.24) is 19.8 Å². The fourth-order valence-electron chi connectivity index (χ4n) is 4.35. The van der Waals surface area contributed by atoms with Crippen LogP contribution in [-0.2, 0) is 6.54 Å². The first kappa shape index (κ1) is 17.6. The van der Waals surface area contributed by atoms with Gasteiger partial charge in [0.25, 0.3) is 5.19 Å². The van der Waals surface area contributed by atoms with Crippen LogP contribution in [0, 0.1) is 11.8 Å². The molecule has 2 aromatic heterocycles. The van der Waals surface area contributed by atoms with Gasteiger partial charge in [0.2, 0.25) is 0 Å². The van der Waals surface area contributed by atoms with E-state index in [9.17, 15) is 0 Å². The Morgan fingerprint density at radius 3 is 2.57 bits per heavy atom. The summed E-state index contributed by atoms with van der Waals surface area (Å²) in [6.45, 7) is 11.9. The third-order valence-electron chi connectivity index (χ3n) is 5.78. The molecule has 2 atom stereocenters. The summed E-state index contributed by atoms with van der Waals surface area (Å²) in [5.74, 6) is 2.39. The molecule has 5 nitrogen and oxygen atoms in total. The topological polar surface area (TPSA) is 41.5 Å². The molecule has 28 heavy (non-hydrogen) atoms. The Hall–Kier alpha value is -2.44. The van der Waals surface area contributed by atoms with E-state index in [1.807, 2.05) is 24.3 Å². The van der Waals surface area contributed by atoms with Crippen LogP contribution in [0.15, 0.2) is 54.9 Å². The zero-order valence-corrected chi connectivity index (χ0v) is 16.9. The van der Waals surface area contributed by atoms with E-state index in [4.69, 9.17) is 4.74 Å². The molecule has 2 unspecified atom stereocenters. The van der Waals surface area contributed by atoms with Crippen LogP contribution in [-0.4, -0.2) is 45.9 Å². The van der Waals surface area contributed by atoms with E-state index >= 15 is 0 Å². The highest BCUT2D eigenvalue weighted by Gasteiger charge is 2.39. The lowest BCUT2D eigenvalue weighted by molar-refractivity contribution is 0.275. The van der Waals surface area contributed by atoms with Crippen molar-refractivity contribution in [3.8, 4) is 10.9 Å². The number of rotatable bonds is 5. The summed E-state index contributed by atoms with van der Waals surface area (Å²) in [5, 5.41) is 0.635. The minimum atomic E-state index is 0.635. The summed E-state index contributed by atoms with van der Waals surface area (Å²) < 4.78 is 6.96. The predicted octanol–water partition coefficient (Wildman–Crippen LogP) is 4.38. The largest absolute Gasteiger partial charge is 0.431 e. The van der Waals surface area contributed by atoms with Crippen molar-refractivity contribution >= 4 is 21.7 Å². The first-order chi connectivity index (χ1) is 13.6. The second-order valence-corrected chi connectivity index (χ2v) is 8.90. The Kier molecular flexibility index (Phi) is 4.53. The van der Waals surface area contributed by atoms with Gasteiger partial charge in [-0.2, -0.15) is 4.98 Å². The van der Waals surface area contributed by atoms with Gasteiger partial charge in [-0.15, -0.1) is 0 Å². The third-order valence-corrected chi connectivity index (χ3v) is 6.67. The second kappa shape index (κ2) is 7.18. The monoisotopic (exact) mass is 392 g/mol. The molecule has 4 heterocycles. The van der Waals surface area contributed by atoms with E-state index in [-0.39, 0.29) is 0 Å². The van der Waals surface area contributed by atoms with E-state index in [1.165, 1.54) is 48.8 Å². The maximum absolute atomic E-state index is 5.92. The molecule has 2 aliphatic rings. The Balaban J connectivity index is 1.19. The van der Waals surface area contributed by atoms with E-state index in [1.54, 1.807) is 6.20 Å². The zero-order valence-electron chi connectivity index (χ0n) is 16.0. The molecule has 0 aliphatic carbocycles. The fraction of sp³-hybridized carbons (Fsp3) is 0.364. The smallest absolute Gasteiger partial charge is 0.281 e. The summed E-state index contributed by atoms with van der Waals surface area (Å²) in [6, 6.07) is 12.3. The number of hydrogen-bond donors (Lipinski definition) is 0. The standard InChI is InChI=1S/C22H24N4OS/c1-15(2)26-13-17-11-25(12-18(17)14-26)10-16-5-7-19(8-6-16)27-22-24-21-20(28-22)4-3-9-23-21/h3-9,17-18H,1,10-14H2,2H3. The SMILES string of the molecule is C=C(C)N1CC2CN(Cc3ccc(Oc4nc5ncccc5s4)cc3)CC2C1. The van der Waals surface area contributed by atoms with E-state index in [0.29, 0.717) is 5.19 Å². The molecule has 0 saturated carbocycles. The highest BCUT2D eigenvalue weighted by Crippen LogP contribution is 2.34. The molecule has 0 amide bonds. The first-order valence-electron chi connectivity index (χ1n) is 9.75. The summed E-state index contributed by atoms with van der Waals surface area (Å²) in [5.41, 5.74) is 3.28. The molecular weight excluding hydrogens is 368 g/mol. The van der Waals surface area contributed by atoms with Crippen LogP contribution in [0.25, 0.3) is 10.3 Å². The van der Waals surface area contributed by atoms with E-state index < -0.39 is 0 Å². The Morgan fingerprint density at radius 2 is 1.89 bits per heavy atom. The van der Waals surface area contributed by atoms with Crippen molar-refractivity contribution in [2.24, 2.45) is 11.8 Å². The molecule has 0 bridgehead atoms. The average molecular weight is 393 g/mol. The lowest BCUT2D eigenvalue weighted by atomic mass is 10.0. The third kappa shape index (κ3) is 3.50. The maximum Gasteiger partial charge on any atom is 0.281 e. The average Bonchev–Trinajstić information content (AvgIpc) is 3.35. The van der Waals surface area contributed by atoms with Crippen LogP contribution in [0.3, 0.4) is 0 Å². The number of thiazole rings is 1. The molecule has 144 valence electrons. The summed E-state index contributed by atoms with van der Waals surface area (Å²) in [7, 11) is 0. The van der Waals surface area contributed by atoms with Crippen molar-refractivity contribution in [2.75, 3.05) is 26.2 Å². The molecule has 0 spiro atoms. The number of pyridine rings is 1. The Morgan fingerprint density at radius 1 is 1.14 bits per heavy atom. The van der Waals surface area contributed by atoms with Crippen LogP contribution >= 0.6 is 11.3 Å². The van der Waals surface area contributed by atoms with Gasteiger partial charge in [-0.3, -0.25) is 4.90 Å². The van der Waals surface area contributed by atoms with Crippen molar-refractivity contribution < 1.29 is 4.74 Å². The van der Waals surface area contributed by atoms with Crippen LogP contribution in [0.1, 0.15) is 12.5 Å². The van der Waals surface area contributed by atoms with Gasteiger partial charge in [0.05, 0.1) is 4.70 Å². The van der Waals surface area contributed by atoms with Crippen LogP contribution in [0.4, 0.5) is 0 Å². The molecule has 2 aliphatic heterocycles. The van der Waals surface area contributed by atoms with Crippen LogP contribution in [0.5, 0.6) is 10.9 Å². The number of allylic oxidation sites excluding steroid dienone is 1. The number of benzene rings is 1. The summed E-state index contributed by atoms with van der Waals surface area (Å²) in [4.78, 5) is 13.7. The predicted molar refractivity (Wildman–Crippen MR) is 113 cm³/mol. The lowest BCUT2D eigenvalue weighted by Gasteiger charge is -2.22. The van der Waals surface area contributed by atoms with Crippen molar-refractivity contribution in [3.63, 3.8) is 0 Å². The Bertz CT molecular complexity index is 952. The molecule has 2 fully saturated rings. The number of hydrogen-bond acceptors (Lipinski definition) is 6. The minimum Gasteiger partial charge on any atom is -0.431 e. The zero-order chi connectivity index (χ0) is 19.1. The highest BCUT2D eigenvalue weighted by atomic mass is 32.1. The molecule has 2 saturated heterocycles. The van der Waals surface area contributed by atoms with Gasteiger partial charge in [-0.05, 0) is 48.6 Å². The van der Waals surface area contributed by atoms with Gasteiger partial charge in [0.1, 0.15) is 5.75 Å². The molecular formula is C22H24N4OS. The summed E-state index contributed by atoms with van der Waals surface area (Å²) >= 11 is 1.52. The van der Waals surface area contributed by atoms with Crippen molar-refractivity contribution in [1.29, 1.82) is 0 Å². The minimum absolute atomic E-state index is 0.635. The maximum atomic E-state index is 5.92. The highest BCUT2D eigenvalue weighted by molar-refractivity contribution is 7.20. The molecule has 0 N–H and O–H groups in total. The number of fused-ring (bicyclic) bond motifs is 2. The molecule has 0 radical (unpaired) electrons. The number of ether oxygens (including phenoxy) is 1. The van der Waals surface area contributed by atoms with Gasteiger partial charge < -0.3 is 9.64 Å². The number of aromatic nitrogens is 2. The second-order valence-electron chi connectivity index (χ2n) is 7.91. The van der Waals surface area contributed by atoms with Gasteiger partial charge in [-0.25, -0.2) is 4.98 Å². The van der Waals surface area contributed by atoms with Crippen molar-refractivity contribution in [2.45, 2.75) is 13.5 Å². The number of likely N-dealkylation sites (tertiary alicyclic amines) is 2. The number of nitrogens with zero attached hydrogens (tertiary/aromatic N) is 4. The van der Waals surface area contributed by atoms with Crippen LogP contribution in [0.2, 0.25) is 0 Å². The van der Waals surface area contributed by atoms with Gasteiger partial charge in [0, 0.05) is 44.6 Å². The molecule has 1 aromatic carbocycles. The van der Waals surface area contributed by atoms with E-state index in [0.717, 1.165) is 34.5 Å². The van der Waals surface area contributed by atoms with E-state index in [2.05, 4.69) is 45.4 Å². The van der Waals surface area contributed by atoms with Gasteiger partial charge >= 0.3 is 0 Å². The van der Waals surface area contributed by atoms with Crippen LogP contribution < -0.4 is 4.74 Å². The molecule has 3 aromatic rings. The quantitative estimate of drug-likeness (QED) is 0.644. The fourth-order valence-corrected chi connectivity index (χ4v) is 5.14. The summed E-state index contributed by atoms with van der Waals surface area (Å²) in [6.07, 6.45) is 1.75.